The van der Waals surface area contributed by atoms with Crippen LogP contribution >= 0.6 is 0 Å². The van der Waals surface area contributed by atoms with Crippen molar-refractivity contribution in [1.82, 2.24) is 19.9 Å². The van der Waals surface area contributed by atoms with Gasteiger partial charge in [0, 0.05) is 23.7 Å². The van der Waals surface area contributed by atoms with E-state index in [0.29, 0.717) is 5.92 Å². The van der Waals surface area contributed by atoms with Gasteiger partial charge in [-0.05, 0) is 12.0 Å². The molecule has 0 atom stereocenters. The van der Waals surface area contributed by atoms with Crippen molar-refractivity contribution in [2.75, 3.05) is 5.73 Å². The number of hydrogen-bond donors (Lipinski definition) is 1. The molecule has 16 heavy (non-hydrogen) atoms. The topological polar surface area (TPSA) is 77.6 Å². The van der Waals surface area contributed by atoms with Crippen molar-refractivity contribution in [3.05, 3.63) is 30.5 Å². The van der Waals surface area contributed by atoms with E-state index in [0.717, 1.165) is 17.0 Å². The first-order valence-electron chi connectivity index (χ1n) is 5.06. The Labute approximate surface area is 93.8 Å². The fourth-order valence-corrected chi connectivity index (χ4v) is 1.36. The zero-order valence-electron chi connectivity index (χ0n) is 9.25. The first-order valence-corrected chi connectivity index (χ1v) is 5.06. The van der Waals surface area contributed by atoms with Crippen LogP contribution in [0, 0.1) is 0 Å². The highest BCUT2D eigenvalue weighted by Crippen LogP contribution is 2.20. The summed E-state index contributed by atoms with van der Waals surface area (Å²) < 4.78 is 0. The highest BCUT2D eigenvalue weighted by atomic mass is 15.0. The van der Waals surface area contributed by atoms with E-state index in [2.05, 4.69) is 33.8 Å². The molecule has 0 fully saturated rings. The van der Waals surface area contributed by atoms with Crippen molar-refractivity contribution in [2.45, 2.75) is 19.8 Å². The van der Waals surface area contributed by atoms with Crippen LogP contribution in [-0.2, 0) is 0 Å². The van der Waals surface area contributed by atoms with Gasteiger partial charge in [0.1, 0.15) is 6.33 Å². The summed E-state index contributed by atoms with van der Waals surface area (Å²) in [6.07, 6.45) is 4.90. The first-order chi connectivity index (χ1) is 7.66. The summed E-state index contributed by atoms with van der Waals surface area (Å²) in [6.45, 7) is 4.13. The molecule has 5 nitrogen and oxygen atoms in total. The third-order valence-corrected chi connectivity index (χ3v) is 2.21. The monoisotopic (exact) mass is 215 g/mol. The second-order valence-corrected chi connectivity index (χ2v) is 3.82. The van der Waals surface area contributed by atoms with Crippen LogP contribution in [0.2, 0.25) is 0 Å². The van der Waals surface area contributed by atoms with E-state index in [-0.39, 0.29) is 5.95 Å². The van der Waals surface area contributed by atoms with Gasteiger partial charge in [0.05, 0.1) is 5.69 Å². The molecular formula is C11H13N5. The standard InChI is InChI=1S/C11H13N5/c1-7(2)9-3-10(16-11(12)15-9)8-4-13-6-14-5-8/h3-7H,1-2H3,(H2,12,15,16). The second-order valence-electron chi connectivity index (χ2n) is 3.82. The van der Waals surface area contributed by atoms with Crippen molar-refractivity contribution < 1.29 is 0 Å². The molecular weight excluding hydrogens is 202 g/mol. The van der Waals surface area contributed by atoms with Gasteiger partial charge in [-0.3, -0.25) is 0 Å². The Morgan fingerprint density at radius 1 is 1.12 bits per heavy atom. The number of nitrogens with two attached hydrogens (primary N) is 1. The molecule has 2 heterocycles. The predicted molar refractivity (Wildman–Crippen MR) is 61.6 cm³/mol. The Morgan fingerprint density at radius 2 is 1.81 bits per heavy atom. The Balaban J connectivity index is 2.50. The van der Waals surface area contributed by atoms with Crippen molar-refractivity contribution in [1.29, 1.82) is 0 Å². The fraction of sp³-hybridized carbons (Fsp3) is 0.273. The van der Waals surface area contributed by atoms with Gasteiger partial charge in [-0.1, -0.05) is 13.8 Å². The van der Waals surface area contributed by atoms with Crippen LogP contribution in [-0.4, -0.2) is 19.9 Å². The first kappa shape index (κ1) is 10.5. The van der Waals surface area contributed by atoms with Crippen LogP contribution in [0.4, 0.5) is 5.95 Å². The molecule has 2 aromatic rings. The third kappa shape index (κ3) is 2.13. The van der Waals surface area contributed by atoms with E-state index in [9.17, 15) is 0 Å². The maximum absolute atomic E-state index is 5.67. The van der Waals surface area contributed by atoms with Gasteiger partial charge in [-0.2, -0.15) is 0 Å². The van der Waals surface area contributed by atoms with Crippen molar-refractivity contribution in [2.24, 2.45) is 0 Å². The molecule has 0 amide bonds. The van der Waals surface area contributed by atoms with Gasteiger partial charge in [-0.15, -0.1) is 0 Å². The minimum Gasteiger partial charge on any atom is -0.368 e. The lowest BCUT2D eigenvalue weighted by Gasteiger charge is -2.07. The average Bonchev–Trinajstić information content (AvgIpc) is 2.29. The van der Waals surface area contributed by atoms with Crippen LogP contribution in [0.1, 0.15) is 25.5 Å². The van der Waals surface area contributed by atoms with E-state index in [4.69, 9.17) is 5.73 Å². The number of rotatable bonds is 2. The summed E-state index contributed by atoms with van der Waals surface area (Å²) in [4.78, 5) is 16.3. The molecule has 0 aromatic carbocycles. The summed E-state index contributed by atoms with van der Waals surface area (Å²) in [5, 5.41) is 0. The molecule has 5 heteroatoms. The Bertz CT molecular complexity index is 481. The number of nitrogens with zero attached hydrogens (tertiary/aromatic N) is 4. The van der Waals surface area contributed by atoms with Gasteiger partial charge >= 0.3 is 0 Å². The lowest BCUT2D eigenvalue weighted by molar-refractivity contribution is 0.818. The highest BCUT2D eigenvalue weighted by molar-refractivity contribution is 5.58. The van der Waals surface area contributed by atoms with Crippen LogP contribution < -0.4 is 5.73 Å². The molecule has 0 saturated heterocycles. The average molecular weight is 215 g/mol. The summed E-state index contributed by atoms with van der Waals surface area (Å²) >= 11 is 0. The molecule has 0 aliphatic heterocycles. The molecule has 0 spiro atoms. The van der Waals surface area contributed by atoms with Gasteiger partial charge in [-0.25, -0.2) is 19.9 Å². The molecule has 0 aliphatic rings. The van der Waals surface area contributed by atoms with Crippen molar-refractivity contribution >= 4 is 5.95 Å². The Kier molecular flexibility index (Phi) is 2.76. The van der Waals surface area contributed by atoms with Crippen molar-refractivity contribution in [3.8, 4) is 11.3 Å². The second kappa shape index (κ2) is 4.22. The van der Waals surface area contributed by atoms with Crippen LogP contribution in [0.15, 0.2) is 24.8 Å². The van der Waals surface area contributed by atoms with Gasteiger partial charge < -0.3 is 5.73 Å². The van der Waals surface area contributed by atoms with Crippen molar-refractivity contribution in [3.63, 3.8) is 0 Å². The molecule has 0 aliphatic carbocycles. The quantitative estimate of drug-likeness (QED) is 0.823. The van der Waals surface area contributed by atoms with E-state index in [1.54, 1.807) is 12.4 Å². The summed E-state index contributed by atoms with van der Waals surface area (Å²) in [5.74, 6) is 0.596. The van der Waals surface area contributed by atoms with Crippen LogP contribution in [0.5, 0.6) is 0 Å². The lowest BCUT2D eigenvalue weighted by atomic mass is 10.1. The SMILES string of the molecule is CC(C)c1cc(-c2cncnc2)nc(N)n1. The Hall–Kier alpha value is -2.04. The molecule has 2 N–H and O–H groups in total. The van der Waals surface area contributed by atoms with E-state index < -0.39 is 0 Å². The molecule has 82 valence electrons. The normalized spacial score (nSPS) is 10.7. The van der Waals surface area contributed by atoms with Crippen LogP contribution in [0.25, 0.3) is 11.3 Å². The zero-order valence-corrected chi connectivity index (χ0v) is 9.25. The van der Waals surface area contributed by atoms with Gasteiger partial charge in [0.15, 0.2) is 0 Å². The lowest BCUT2D eigenvalue weighted by Crippen LogP contribution is -2.02. The number of anilines is 1. The number of nitrogen functional groups attached to an aromatic ring is 1. The fourth-order valence-electron chi connectivity index (χ4n) is 1.36. The zero-order chi connectivity index (χ0) is 11.5. The van der Waals surface area contributed by atoms with Gasteiger partial charge in [0.2, 0.25) is 5.95 Å². The Morgan fingerprint density at radius 3 is 2.44 bits per heavy atom. The summed E-state index contributed by atoms with van der Waals surface area (Å²) in [6, 6.07) is 1.92. The minimum atomic E-state index is 0.282. The van der Waals surface area contributed by atoms with E-state index >= 15 is 0 Å². The van der Waals surface area contributed by atoms with E-state index in [1.165, 1.54) is 6.33 Å². The largest absolute Gasteiger partial charge is 0.368 e. The molecule has 0 radical (unpaired) electrons. The smallest absolute Gasteiger partial charge is 0.220 e. The summed E-state index contributed by atoms with van der Waals surface area (Å²) in [7, 11) is 0. The van der Waals surface area contributed by atoms with Crippen LogP contribution in [0.3, 0.4) is 0 Å². The molecule has 2 rings (SSSR count). The molecule has 2 aromatic heterocycles. The maximum Gasteiger partial charge on any atom is 0.220 e. The molecule has 0 saturated carbocycles. The highest BCUT2D eigenvalue weighted by Gasteiger charge is 2.07. The minimum absolute atomic E-state index is 0.282. The molecule has 0 bridgehead atoms. The molecule has 0 unspecified atom stereocenters. The summed E-state index contributed by atoms with van der Waals surface area (Å²) in [5.41, 5.74) is 8.20. The maximum atomic E-state index is 5.67. The number of hydrogen-bond acceptors (Lipinski definition) is 5. The van der Waals surface area contributed by atoms with Gasteiger partial charge in [0.25, 0.3) is 0 Å². The number of aromatic nitrogens is 4. The third-order valence-electron chi connectivity index (χ3n) is 2.21. The predicted octanol–water partition coefficient (Wildman–Crippen LogP) is 1.64. The van der Waals surface area contributed by atoms with E-state index in [1.807, 2.05) is 6.07 Å².